The number of amides is 2. The first kappa shape index (κ1) is 16.4. The van der Waals surface area contributed by atoms with E-state index in [1.54, 1.807) is 0 Å². The normalized spacial score (nSPS) is 11.5. The van der Waals surface area contributed by atoms with Gasteiger partial charge in [-0.05, 0) is 19.1 Å². The first-order chi connectivity index (χ1) is 9.85. The topological polar surface area (TPSA) is 142 Å². The van der Waals surface area contributed by atoms with Crippen LogP contribution in [0.1, 0.15) is 12.0 Å². The third kappa shape index (κ3) is 4.73. The molecule has 0 spiro atoms. The molecule has 0 aliphatic carbocycles. The SMILES string of the molecule is Cc1cc(NC(=O)NC(CCO)C(=O)O)ccc1[N+](=O)[O-]. The van der Waals surface area contributed by atoms with Crippen molar-refractivity contribution < 1.29 is 24.7 Å². The van der Waals surface area contributed by atoms with Gasteiger partial charge < -0.3 is 20.8 Å². The zero-order valence-corrected chi connectivity index (χ0v) is 11.2. The number of rotatable bonds is 6. The molecule has 0 saturated carbocycles. The van der Waals surface area contributed by atoms with Gasteiger partial charge in [0.25, 0.3) is 5.69 Å². The molecule has 9 heteroatoms. The molecule has 0 aromatic heterocycles. The van der Waals surface area contributed by atoms with Crippen molar-refractivity contribution in [1.82, 2.24) is 5.32 Å². The molecule has 1 rings (SSSR count). The molecular weight excluding hydrogens is 282 g/mol. The number of nitrogens with zero attached hydrogens (tertiary/aromatic N) is 1. The van der Waals surface area contributed by atoms with Crippen molar-refractivity contribution in [2.24, 2.45) is 0 Å². The summed E-state index contributed by atoms with van der Waals surface area (Å²) in [5.74, 6) is -1.26. The molecule has 0 bridgehead atoms. The minimum atomic E-state index is -1.26. The van der Waals surface area contributed by atoms with Crippen molar-refractivity contribution in [1.29, 1.82) is 0 Å². The first-order valence-electron chi connectivity index (χ1n) is 6.01. The number of carbonyl (C=O) groups excluding carboxylic acids is 1. The second-order valence-corrected chi connectivity index (χ2v) is 4.26. The largest absolute Gasteiger partial charge is 0.480 e. The van der Waals surface area contributed by atoms with E-state index in [0.29, 0.717) is 11.3 Å². The predicted molar refractivity (Wildman–Crippen MR) is 73.1 cm³/mol. The van der Waals surface area contributed by atoms with Gasteiger partial charge in [-0.25, -0.2) is 9.59 Å². The van der Waals surface area contributed by atoms with Gasteiger partial charge in [-0.3, -0.25) is 10.1 Å². The summed E-state index contributed by atoms with van der Waals surface area (Å²) in [5, 5.41) is 32.8. The van der Waals surface area contributed by atoms with Crippen LogP contribution in [0.15, 0.2) is 18.2 Å². The molecule has 1 aromatic carbocycles. The van der Waals surface area contributed by atoms with Gasteiger partial charge in [0, 0.05) is 30.3 Å². The lowest BCUT2D eigenvalue weighted by molar-refractivity contribution is -0.385. The van der Waals surface area contributed by atoms with E-state index in [9.17, 15) is 19.7 Å². The number of carbonyl (C=O) groups is 2. The molecule has 0 saturated heterocycles. The Balaban J connectivity index is 2.72. The van der Waals surface area contributed by atoms with Crippen LogP contribution >= 0.6 is 0 Å². The molecule has 114 valence electrons. The van der Waals surface area contributed by atoms with Crippen LogP contribution in [-0.2, 0) is 4.79 Å². The standard InChI is InChI=1S/C12H15N3O6/c1-7-6-8(2-3-10(7)15(20)21)13-12(19)14-9(4-5-16)11(17)18/h2-3,6,9,16H,4-5H2,1H3,(H,17,18)(H2,13,14,19). The number of hydrogen-bond acceptors (Lipinski definition) is 5. The second-order valence-electron chi connectivity index (χ2n) is 4.26. The van der Waals surface area contributed by atoms with E-state index in [-0.39, 0.29) is 18.7 Å². The number of hydrogen-bond donors (Lipinski definition) is 4. The van der Waals surface area contributed by atoms with Crippen LogP contribution in [0.25, 0.3) is 0 Å². The Morgan fingerprint density at radius 2 is 2.10 bits per heavy atom. The highest BCUT2D eigenvalue weighted by molar-refractivity contribution is 5.92. The van der Waals surface area contributed by atoms with Crippen molar-refractivity contribution in [3.05, 3.63) is 33.9 Å². The predicted octanol–water partition coefficient (Wildman–Crippen LogP) is 0.860. The highest BCUT2D eigenvalue weighted by Gasteiger charge is 2.19. The van der Waals surface area contributed by atoms with E-state index in [1.165, 1.54) is 25.1 Å². The third-order valence-electron chi connectivity index (χ3n) is 2.67. The van der Waals surface area contributed by atoms with E-state index < -0.39 is 23.0 Å². The maximum Gasteiger partial charge on any atom is 0.326 e. The molecule has 0 radical (unpaired) electrons. The summed E-state index contributed by atoms with van der Waals surface area (Å²) in [5.41, 5.74) is 0.580. The van der Waals surface area contributed by atoms with Crippen LogP contribution in [0.5, 0.6) is 0 Å². The molecule has 0 fully saturated rings. The summed E-state index contributed by atoms with van der Waals surface area (Å²) >= 11 is 0. The van der Waals surface area contributed by atoms with E-state index in [0.717, 1.165) is 0 Å². The number of carboxylic acids is 1. The van der Waals surface area contributed by atoms with Crippen LogP contribution < -0.4 is 10.6 Å². The Bertz CT molecular complexity index is 560. The number of aliphatic hydroxyl groups is 1. The number of aryl methyl sites for hydroxylation is 1. The highest BCUT2D eigenvalue weighted by Crippen LogP contribution is 2.21. The molecule has 9 nitrogen and oxygen atoms in total. The van der Waals surface area contributed by atoms with Crippen molar-refractivity contribution >= 4 is 23.4 Å². The third-order valence-corrected chi connectivity index (χ3v) is 2.67. The van der Waals surface area contributed by atoms with Crippen LogP contribution in [-0.4, -0.2) is 39.8 Å². The average molecular weight is 297 g/mol. The monoisotopic (exact) mass is 297 g/mol. The zero-order chi connectivity index (χ0) is 16.0. The Hall–Kier alpha value is -2.68. The number of benzene rings is 1. The number of nitro benzene ring substituents is 1. The minimum absolute atomic E-state index is 0.0790. The number of aliphatic hydroxyl groups excluding tert-OH is 1. The van der Waals surface area contributed by atoms with E-state index in [4.69, 9.17) is 10.2 Å². The van der Waals surface area contributed by atoms with Crippen molar-refractivity contribution in [3.63, 3.8) is 0 Å². The number of urea groups is 1. The Kier molecular flexibility index (Phi) is 5.61. The maximum absolute atomic E-state index is 11.6. The van der Waals surface area contributed by atoms with Crippen molar-refractivity contribution in [2.75, 3.05) is 11.9 Å². The van der Waals surface area contributed by atoms with Gasteiger partial charge in [0.15, 0.2) is 0 Å². The quantitative estimate of drug-likeness (QED) is 0.453. The Morgan fingerprint density at radius 1 is 1.43 bits per heavy atom. The summed E-state index contributed by atoms with van der Waals surface area (Å²) in [6.07, 6.45) is -0.123. The number of carboxylic acid groups (broad SMARTS) is 1. The summed E-state index contributed by atoms with van der Waals surface area (Å²) in [7, 11) is 0. The molecule has 0 aliphatic rings. The molecule has 1 atom stereocenters. The molecular formula is C12H15N3O6. The van der Waals surface area contributed by atoms with Crippen LogP contribution in [0.3, 0.4) is 0 Å². The molecule has 4 N–H and O–H groups in total. The molecule has 0 heterocycles. The van der Waals surface area contributed by atoms with Crippen LogP contribution in [0.4, 0.5) is 16.2 Å². The van der Waals surface area contributed by atoms with Gasteiger partial charge in [-0.15, -0.1) is 0 Å². The van der Waals surface area contributed by atoms with E-state index in [1.807, 2.05) is 0 Å². The van der Waals surface area contributed by atoms with Crippen molar-refractivity contribution in [3.8, 4) is 0 Å². The molecule has 2 amide bonds. The fourth-order valence-corrected chi connectivity index (χ4v) is 1.65. The zero-order valence-electron chi connectivity index (χ0n) is 11.2. The van der Waals surface area contributed by atoms with Crippen LogP contribution in [0.2, 0.25) is 0 Å². The summed E-state index contributed by atoms with van der Waals surface area (Å²) in [6, 6.07) is 2.00. The molecule has 1 unspecified atom stereocenters. The Morgan fingerprint density at radius 3 is 2.57 bits per heavy atom. The van der Waals surface area contributed by atoms with Gasteiger partial charge in [-0.2, -0.15) is 0 Å². The molecule has 0 aliphatic heterocycles. The number of aliphatic carboxylic acids is 1. The fraction of sp³-hybridized carbons (Fsp3) is 0.333. The molecule has 1 aromatic rings. The lowest BCUT2D eigenvalue weighted by Gasteiger charge is -2.14. The second kappa shape index (κ2) is 7.20. The molecule has 21 heavy (non-hydrogen) atoms. The smallest absolute Gasteiger partial charge is 0.326 e. The summed E-state index contributed by atoms with van der Waals surface area (Å²) in [6.45, 7) is 1.14. The summed E-state index contributed by atoms with van der Waals surface area (Å²) in [4.78, 5) is 32.6. The highest BCUT2D eigenvalue weighted by atomic mass is 16.6. The lowest BCUT2D eigenvalue weighted by Crippen LogP contribution is -2.43. The Labute approximate surface area is 119 Å². The maximum atomic E-state index is 11.6. The van der Waals surface area contributed by atoms with Gasteiger partial charge in [-0.1, -0.05) is 0 Å². The van der Waals surface area contributed by atoms with Gasteiger partial charge in [0.1, 0.15) is 6.04 Å². The minimum Gasteiger partial charge on any atom is -0.480 e. The van der Waals surface area contributed by atoms with Gasteiger partial charge >= 0.3 is 12.0 Å². The van der Waals surface area contributed by atoms with Crippen molar-refractivity contribution in [2.45, 2.75) is 19.4 Å². The fourth-order valence-electron chi connectivity index (χ4n) is 1.65. The number of nitro groups is 1. The van der Waals surface area contributed by atoms with Gasteiger partial charge in [0.2, 0.25) is 0 Å². The summed E-state index contributed by atoms with van der Waals surface area (Å²) < 4.78 is 0. The van der Waals surface area contributed by atoms with E-state index >= 15 is 0 Å². The van der Waals surface area contributed by atoms with E-state index in [2.05, 4.69) is 10.6 Å². The average Bonchev–Trinajstić information content (AvgIpc) is 2.37. The number of anilines is 1. The van der Waals surface area contributed by atoms with Crippen LogP contribution in [0, 0.1) is 17.0 Å². The lowest BCUT2D eigenvalue weighted by atomic mass is 10.2. The number of nitrogens with one attached hydrogen (secondary N) is 2. The van der Waals surface area contributed by atoms with Gasteiger partial charge in [0.05, 0.1) is 4.92 Å². The first-order valence-corrected chi connectivity index (χ1v) is 6.01.